The fourth-order valence-electron chi connectivity index (χ4n) is 3.44. The molecule has 0 bridgehead atoms. The topological polar surface area (TPSA) is 94.3 Å². The third-order valence-corrected chi connectivity index (χ3v) is 6.23. The minimum atomic E-state index is -0.237. The van der Waals surface area contributed by atoms with Crippen LogP contribution in [0.4, 0.5) is 0 Å². The quantitative estimate of drug-likeness (QED) is 0.185. The van der Waals surface area contributed by atoms with E-state index in [1.165, 1.54) is 17.3 Å². The molecule has 1 N–H and O–H groups in total. The maximum absolute atomic E-state index is 12.5. The van der Waals surface area contributed by atoms with Crippen molar-refractivity contribution in [3.63, 3.8) is 0 Å². The van der Waals surface area contributed by atoms with Gasteiger partial charge in [-0.2, -0.15) is 5.10 Å². The van der Waals surface area contributed by atoms with Crippen molar-refractivity contribution in [1.82, 2.24) is 25.2 Å². The maximum Gasteiger partial charge on any atom is 0.250 e. The van der Waals surface area contributed by atoms with Gasteiger partial charge in [0.05, 0.1) is 18.6 Å². The summed E-state index contributed by atoms with van der Waals surface area (Å²) < 4.78 is 7.47. The molecule has 0 saturated heterocycles. The van der Waals surface area contributed by atoms with E-state index in [-0.39, 0.29) is 11.7 Å². The van der Waals surface area contributed by atoms with Crippen LogP contribution in [0, 0.1) is 0 Å². The van der Waals surface area contributed by atoms with Crippen molar-refractivity contribution in [1.29, 1.82) is 0 Å². The third-order valence-electron chi connectivity index (χ3n) is 5.30. The lowest BCUT2D eigenvalue weighted by Gasteiger charge is -2.11. The van der Waals surface area contributed by atoms with Crippen LogP contribution in [0.3, 0.4) is 0 Å². The normalized spacial score (nSPS) is 11.2. The Morgan fingerprint density at radius 1 is 1.11 bits per heavy atom. The van der Waals surface area contributed by atoms with Crippen molar-refractivity contribution in [2.45, 2.75) is 31.8 Å². The number of amides is 1. The van der Waals surface area contributed by atoms with Crippen molar-refractivity contribution < 1.29 is 9.53 Å². The molecule has 0 atom stereocenters. The van der Waals surface area contributed by atoms with Crippen LogP contribution in [0.1, 0.15) is 37.8 Å². The van der Waals surface area contributed by atoms with Crippen molar-refractivity contribution >= 4 is 23.9 Å². The second kappa shape index (κ2) is 12.1. The van der Waals surface area contributed by atoms with Gasteiger partial charge in [-0.1, -0.05) is 49.9 Å². The second-order valence-corrected chi connectivity index (χ2v) is 9.16. The SMILES string of the molecule is CCOc1ccc(-n2c(SCC(=O)NN=Cc3ccc(C(C)C)cc3)nnc2-c2cccnc2)cc1. The van der Waals surface area contributed by atoms with E-state index in [0.29, 0.717) is 23.5 Å². The standard InChI is InChI=1S/C27H28N6O2S/c1-4-35-24-13-11-23(12-14-24)33-26(22-6-5-15-28-17-22)31-32-27(33)36-18-25(34)30-29-16-20-7-9-21(10-8-20)19(2)3/h5-17,19H,4,18H2,1-3H3,(H,30,34). The molecule has 0 fully saturated rings. The average Bonchev–Trinajstić information content (AvgIpc) is 3.33. The van der Waals surface area contributed by atoms with E-state index in [1.54, 1.807) is 18.6 Å². The van der Waals surface area contributed by atoms with Crippen molar-refractivity contribution in [3.05, 3.63) is 84.2 Å². The molecular formula is C27H28N6O2S. The van der Waals surface area contributed by atoms with Gasteiger partial charge in [-0.25, -0.2) is 5.43 Å². The largest absolute Gasteiger partial charge is 0.494 e. The van der Waals surface area contributed by atoms with E-state index < -0.39 is 0 Å². The molecule has 9 heteroatoms. The summed E-state index contributed by atoms with van der Waals surface area (Å²) in [6.07, 6.45) is 5.08. The highest BCUT2D eigenvalue weighted by atomic mass is 32.2. The van der Waals surface area contributed by atoms with Gasteiger partial charge in [0, 0.05) is 23.6 Å². The molecule has 1 amide bonds. The fraction of sp³-hybridized carbons (Fsp3) is 0.222. The molecule has 0 aliphatic carbocycles. The van der Waals surface area contributed by atoms with E-state index in [9.17, 15) is 4.79 Å². The molecule has 0 saturated carbocycles. The molecule has 0 unspecified atom stereocenters. The molecule has 2 heterocycles. The molecule has 8 nitrogen and oxygen atoms in total. The predicted octanol–water partition coefficient (Wildman–Crippen LogP) is 5.09. The van der Waals surface area contributed by atoms with Crippen LogP contribution in [0.5, 0.6) is 5.75 Å². The van der Waals surface area contributed by atoms with Gasteiger partial charge in [0.15, 0.2) is 11.0 Å². The number of ether oxygens (including phenoxy) is 1. The number of nitrogens with zero attached hydrogens (tertiary/aromatic N) is 5. The van der Waals surface area contributed by atoms with E-state index in [1.807, 2.05) is 60.0 Å². The van der Waals surface area contributed by atoms with Crippen LogP contribution < -0.4 is 10.2 Å². The highest BCUT2D eigenvalue weighted by molar-refractivity contribution is 7.99. The molecule has 0 radical (unpaired) electrons. The Labute approximate surface area is 214 Å². The lowest BCUT2D eigenvalue weighted by atomic mass is 10.0. The number of carbonyl (C=O) groups is 1. The van der Waals surface area contributed by atoms with E-state index in [2.05, 4.69) is 51.7 Å². The van der Waals surface area contributed by atoms with Crippen LogP contribution in [0.15, 0.2) is 83.3 Å². The lowest BCUT2D eigenvalue weighted by Crippen LogP contribution is -2.20. The second-order valence-electron chi connectivity index (χ2n) is 8.21. The lowest BCUT2D eigenvalue weighted by molar-refractivity contribution is -0.118. The maximum atomic E-state index is 12.5. The Morgan fingerprint density at radius 2 is 1.89 bits per heavy atom. The molecule has 0 aliphatic heterocycles. The summed E-state index contributed by atoms with van der Waals surface area (Å²) in [5.41, 5.74) is 6.44. The van der Waals surface area contributed by atoms with Crippen LogP contribution in [-0.4, -0.2) is 44.2 Å². The minimum Gasteiger partial charge on any atom is -0.494 e. The Bertz CT molecular complexity index is 1300. The fourth-order valence-corrected chi connectivity index (χ4v) is 4.19. The molecule has 184 valence electrons. The zero-order chi connectivity index (χ0) is 25.3. The molecule has 2 aromatic heterocycles. The van der Waals surface area contributed by atoms with Gasteiger partial charge in [0.1, 0.15) is 5.75 Å². The molecule has 0 aliphatic rings. The summed E-state index contributed by atoms with van der Waals surface area (Å²) in [6, 6.07) is 19.5. The molecule has 36 heavy (non-hydrogen) atoms. The zero-order valence-corrected chi connectivity index (χ0v) is 21.3. The van der Waals surface area contributed by atoms with Crippen molar-refractivity contribution in [2.75, 3.05) is 12.4 Å². The smallest absolute Gasteiger partial charge is 0.250 e. The van der Waals surface area contributed by atoms with E-state index in [4.69, 9.17) is 4.74 Å². The summed E-state index contributed by atoms with van der Waals surface area (Å²) in [4.78, 5) is 16.7. The molecular weight excluding hydrogens is 472 g/mol. The van der Waals surface area contributed by atoms with Gasteiger partial charge in [-0.15, -0.1) is 10.2 Å². The number of carbonyl (C=O) groups excluding carboxylic acids is 1. The Hall–Kier alpha value is -3.98. The van der Waals surface area contributed by atoms with Gasteiger partial charge in [0.2, 0.25) is 0 Å². The zero-order valence-electron chi connectivity index (χ0n) is 20.5. The molecule has 0 spiro atoms. The number of rotatable bonds is 10. The predicted molar refractivity (Wildman–Crippen MR) is 143 cm³/mol. The number of aromatic nitrogens is 4. The summed E-state index contributed by atoms with van der Waals surface area (Å²) in [5.74, 6) is 1.78. The molecule has 4 aromatic rings. The average molecular weight is 501 g/mol. The van der Waals surface area contributed by atoms with Gasteiger partial charge in [0.25, 0.3) is 5.91 Å². The molecule has 4 rings (SSSR count). The summed E-state index contributed by atoms with van der Waals surface area (Å²) in [5, 5.41) is 13.4. The number of thioether (sulfide) groups is 1. The van der Waals surface area contributed by atoms with Crippen molar-refractivity contribution in [3.8, 4) is 22.8 Å². The first-order valence-corrected chi connectivity index (χ1v) is 12.7. The Morgan fingerprint density at radius 3 is 2.56 bits per heavy atom. The van der Waals surface area contributed by atoms with Crippen LogP contribution >= 0.6 is 11.8 Å². The Balaban J connectivity index is 1.46. The van der Waals surface area contributed by atoms with E-state index >= 15 is 0 Å². The van der Waals surface area contributed by atoms with Crippen LogP contribution in [0.2, 0.25) is 0 Å². The number of hydrogen-bond acceptors (Lipinski definition) is 7. The highest BCUT2D eigenvalue weighted by Crippen LogP contribution is 2.28. The monoisotopic (exact) mass is 500 g/mol. The number of benzene rings is 2. The van der Waals surface area contributed by atoms with Crippen LogP contribution in [0.25, 0.3) is 17.1 Å². The summed E-state index contributed by atoms with van der Waals surface area (Å²) in [7, 11) is 0. The first kappa shape index (κ1) is 25.1. The van der Waals surface area contributed by atoms with Gasteiger partial charge in [-0.3, -0.25) is 14.3 Å². The van der Waals surface area contributed by atoms with Gasteiger partial charge < -0.3 is 4.74 Å². The highest BCUT2D eigenvalue weighted by Gasteiger charge is 2.17. The van der Waals surface area contributed by atoms with E-state index in [0.717, 1.165) is 22.6 Å². The minimum absolute atomic E-state index is 0.131. The third kappa shape index (κ3) is 6.37. The number of hydrogen-bond donors (Lipinski definition) is 1. The summed E-state index contributed by atoms with van der Waals surface area (Å²) >= 11 is 1.28. The van der Waals surface area contributed by atoms with Crippen LogP contribution in [-0.2, 0) is 4.79 Å². The summed E-state index contributed by atoms with van der Waals surface area (Å²) in [6.45, 7) is 6.84. The number of pyridine rings is 1. The number of nitrogens with one attached hydrogen (secondary N) is 1. The van der Waals surface area contributed by atoms with Gasteiger partial charge in [-0.05, 0) is 60.4 Å². The molecule has 2 aromatic carbocycles. The Kier molecular flexibility index (Phi) is 8.46. The first-order valence-electron chi connectivity index (χ1n) is 11.7. The number of hydrazone groups is 1. The van der Waals surface area contributed by atoms with Crippen molar-refractivity contribution in [2.24, 2.45) is 5.10 Å². The van der Waals surface area contributed by atoms with Gasteiger partial charge >= 0.3 is 0 Å². The first-order chi connectivity index (χ1) is 17.5.